The molecule has 0 unspecified atom stereocenters. The average molecular weight is 967 g/mol. The number of benzene rings is 3. The van der Waals surface area contributed by atoms with Crippen molar-refractivity contribution < 1.29 is 39.9 Å². The highest BCUT2D eigenvalue weighted by molar-refractivity contribution is 6.05. The van der Waals surface area contributed by atoms with Crippen molar-refractivity contribution in [3.05, 3.63) is 158 Å². The van der Waals surface area contributed by atoms with Crippen LogP contribution in [0.25, 0.3) is 17.5 Å². The van der Waals surface area contributed by atoms with E-state index in [0.29, 0.717) is 59.8 Å². The van der Waals surface area contributed by atoms with Crippen molar-refractivity contribution in [2.45, 2.75) is 112 Å². The number of hydrogen-bond donors (Lipinski definition) is 7. The quantitative estimate of drug-likeness (QED) is 0.0451. The number of rotatable bonds is 8. The van der Waals surface area contributed by atoms with Crippen molar-refractivity contribution in [2.75, 3.05) is 20.2 Å². The van der Waals surface area contributed by atoms with Gasteiger partial charge >= 0.3 is 0 Å². The summed E-state index contributed by atoms with van der Waals surface area (Å²) in [6.45, 7) is -0.0713. The van der Waals surface area contributed by atoms with Crippen molar-refractivity contribution in [1.82, 2.24) is 15.3 Å². The van der Waals surface area contributed by atoms with E-state index in [2.05, 4.69) is 52.5 Å². The maximum absolute atomic E-state index is 16.0. The summed E-state index contributed by atoms with van der Waals surface area (Å²) in [7, 11) is 1.82. The van der Waals surface area contributed by atoms with E-state index in [9.17, 15) is 30.3 Å². The number of phenols is 2. The van der Waals surface area contributed by atoms with E-state index >= 15 is 4.79 Å². The topological polar surface area (TPSA) is 201 Å². The number of hydrogen-bond acceptors (Lipinski definition) is 9. The van der Waals surface area contributed by atoms with Gasteiger partial charge in [-0.1, -0.05) is 108 Å². The smallest absolute Gasteiger partial charge is 0.161 e. The molecule has 72 heavy (non-hydrogen) atoms. The number of carbonyl (C=O) groups is 2. The van der Waals surface area contributed by atoms with Crippen molar-refractivity contribution in [3.63, 3.8) is 0 Å². The molecule has 0 saturated heterocycles. The molecule has 7 aliphatic rings. The molecule has 0 amide bonds. The number of H-pyrrole nitrogens is 1. The van der Waals surface area contributed by atoms with Crippen molar-refractivity contribution >= 4 is 29.5 Å². The lowest BCUT2D eigenvalue weighted by Gasteiger charge is -2.42. The molecule has 1 fully saturated rings. The standard InChI is InChI=1S/C60H62N4O8/c1-61-33-37-11-15-50-48-31-51-43(19-24-62-51)49(32-60(71)22-17-36-5-4-8-52(66)40(36)18-23-60)55(48)58(70)46(21-26-65)53(67)16-10-35-28-38(57(69)54(30-35)72-39-6-2-3-7-39)27-34-9-12-41-44(56(37)68)14-13-42(47(41)29-34)45-20-25-63-59(45)64-50/h4-5,8-9,12-14,18-20,23-25,28-31,37,39,42,44,46,49-50,55-56,61,63,65-66,68-69,71H,2-3,6-7,10,16-17,21-22,26-27,32-33H2,1H3/q-2/t37-,42+,44-,46-,49-,50-,55-,56-,60-/m1/s1. The zero-order valence-corrected chi connectivity index (χ0v) is 40.6. The zero-order chi connectivity index (χ0) is 49.7. The fraction of sp³-hybridized carbons (Fsp3) is 0.400. The average Bonchev–Trinajstić information content (AvgIpc) is 4.16. The number of aromatic amines is 1. The number of aliphatic hydroxyl groups excluding tert-OH is 2. The molecule has 12 heteroatoms. The predicted octanol–water partition coefficient (Wildman–Crippen LogP) is 8.33. The van der Waals surface area contributed by atoms with Crippen LogP contribution in [0.2, 0.25) is 0 Å². The van der Waals surface area contributed by atoms with Gasteiger partial charge in [0.1, 0.15) is 11.5 Å². The van der Waals surface area contributed by atoms with Gasteiger partial charge in [0, 0.05) is 60.9 Å². The number of ether oxygens (including phenoxy) is 1. The van der Waals surface area contributed by atoms with Gasteiger partial charge in [-0.05, 0) is 122 Å². The van der Waals surface area contributed by atoms with Gasteiger partial charge in [-0.2, -0.15) is 6.20 Å². The van der Waals surface area contributed by atoms with Gasteiger partial charge in [-0.3, -0.25) is 9.59 Å². The van der Waals surface area contributed by atoms with Crippen molar-refractivity contribution in [3.8, 4) is 29.1 Å². The maximum Gasteiger partial charge on any atom is 0.161 e. The summed E-state index contributed by atoms with van der Waals surface area (Å²) in [6.07, 6.45) is 17.2. The number of fused-ring (bicyclic) bond motifs is 8. The molecule has 3 aromatic carbocycles. The molecule has 7 bridgehead atoms. The number of nitrogens with one attached hydrogen (secondary N) is 2. The minimum atomic E-state index is -1.47. The van der Waals surface area contributed by atoms with Crippen molar-refractivity contribution in [2.24, 2.45) is 17.8 Å². The first-order valence-corrected chi connectivity index (χ1v) is 25.8. The molecule has 3 aliphatic heterocycles. The van der Waals surface area contributed by atoms with Gasteiger partial charge in [0.15, 0.2) is 17.3 Å². The number of aromatic nitrogens is 2. The number of aromatic hydroxyl groups is 2. The number of ketones is 2. The van der Waals surface area contributed by atoms with Gasteiger partial charge in [0.25, 0.3) is 0 Å². The first-order chi connectivity index (χ1) is 35.0. The molecule has 5 heterocycles. The third kappa shape index (κ3) is 9.02. The Morgan fingerprint density at radius 1 is 0.917 bits per heavy atom. The predicted molar refractivity (Wildman–Crippen MR) is 275 cm³/mol. The Kier molecular flexibility index (Phi) is 13.1. The molecular weight excluding hydrogens is 905 g/mol. The summed E-state index contributed by atoms with van der Waals surface area (Å²) in [5, 5.41) is 67.5. The monoisotopic (exact) mass is 966 g/mol. The number of Topliss-reactive ketones (excluding diaryl/α,β-unsaturated/α-hetero) is 2. The fourth-order valence-corrected chi connectivity index (χ4v) is 12.6. The number of aliphatic hydroxyl groups is 3. The maximum atomic E-state index is 16.0. The van der Waals surface area contributed by atoms with Crippen LogP contribution in [0.5, 0.6) is 17.2 Å². The van der Waals surface area contributed by atoms with Crippen LogP contribution in [0.3, 0.4) is 0 Å². The number of carbonyl (C=O) groups excluding carboxylic acids is 2. The first kappa shape index (κ1) is 47.7. The fourth-order valence-electron chi connectivity index (χ4n) is 12.6. The minimum absolute atomic E-state index is 0.0190. The van der Waals surface area contributed by atoms with E-state index in [1.54, 1.807) is 30.5 Å². The highest BCUT2D eigenvalue weighted by atomic mass is 16.5. The molecule has 12 rings (SSSR count). The molecular formula is C60H62N4O8-2. The van der Waals surface area contributed by atoms with Crippen LogP contribution in [0.4, 0.5) is 5.82 Å². The lowest BCUT2D eigenvalue weighted by molar-refractivity contribution is -0.135. The van der Waals surface area contributed by atoms with Gasteiger partial charge in [-0.15, -0.1) is 5.69 Å². The van der Waals surface area contributed by atoms with Crippen LogP contribution in [0.15, 0.2) is 96.9 Å². The van der Waals surface area contributed by atoms with Gasteiger partial charge in [0.05, 0.1) is 29.6 Å². The van der Waals surface area contributed by atoms with E-state index in [-0.39, 0.29) is 55.0 Å². The summed E-state index contributed by atoms with van der Waals surface area (Å²) in [4.78, 5) is 39.2. The number of allylic oxidation sites excluding steroid dienone is 1. The van der Waals surface area contributed by atoms with Gasteiger partial charge in [-0.25, -0.2) is 0 Å². The third-order valence-electron chi connectivity index (χ3n) is 16.3. The van der Waals surface area contributed by atoms with E-state index in [1.807, 2.05) is 49.7 Å². The second kappa shape index (κ2) is 19.8. The van der Waals surface area contributed by atoms with Crippen LogP contribution in [-0.4, -0.2) is 86.1 Å². The Balaban J connectivity index is 1.10. The summed E-state index contributed by atoms with van der Waals surface area (Å²) >= 11 is 0. The van der Waals surface area contributed by atoms with Crippen LogP contribution < -0.4 is 15.0 Å². The van der Waals surface area contributed by atoms with E-state index < -0.39 is 59.7 Å². The molecule has 1 saturated carbocycles. The molecule has 9 atom stereocenters. The van der Waals surface area contributed by atoms with E-state index in [1.165, 1.54) is 0 Å². The Morgan fingerprint density at radius 3 is 2.61 bits per heavy atom. The lowest BCUT2D eigenvalue weighted by Crippen LogP contribution is -2.41. The summed E-state index contributed by atoms with van der Waals surface area (Å²) < 4.78 is 6.52. The molecule has 12 nitrogen and oxygen atoms in total. The molecule has 5 aromatic rings. The van der Waals surface area contributed by atoms with E-state index in [4.69, 9.17) is 15.0 Å². The van der Waals surface area contributed by atoms with Crippen LogP contribution in [0, 0.1) is 29.6 Å². The minimum Gasteiger partial charge on any atom is -0.664 e. The Bertz CT molecular complexity index is 3050. The van der Waals surface area contributed by atoms with Gasteiger partial charge < -0.3 is 50.9 Å². The lowest BCUT2D eigenvalue weighted by atomic mass is 9.65. The Labute approximate surface area is 420 Å². The van der Waals surface area contributed by atoms with Crippen LogP contribution in [0.1, 0.15) is 125 Å². The molecule has 7 N–H and O–H groups in total. The van der Waals surface area contributed by atoms with Crippen molar-refractivity contribution in [1.29, 1.82) is 0 Å². The normalized spacial score (nSPS) is 27.8. The van der Waals surface area contributed by atoms with Crippen LogP contribution >= 0.6 is 0 Å². The van der Waals surface area contributed by atoms with Gasteiger partial charge in [0.2, 0.25) is 0 Å². The zero-order valence-electron chi connectivity index (χ0n) is 40.6. The summed E-state index contributed by atoms with van der Waals surface area (Å²) in [5.74, 6) is 2.96. The summed E-state index contributed by atoms with van der Waals surface area (Å²) in [5.41, 5.74) is 7.11. The SMILES string of the molecule is CNC[C@H]1C#C[C@H]2[N-]c3[nH]ccc3[C@@H]3C=C[C@H](c4ccc(cc43)Cc3cc(cc(OC4CCCC4)c3O)CCC(=O)[C@@H](CCO)C(=O)[C@@H]3C2=Cc2[n-]ccc2[C@H]3C[C@]2(O)C=Cc3c(O)cccc3CC2)[C@@H]1O. The highest BCUT2D eigenvalue weighted by Crippen LogP contribution is 2.51. The molecule has 2 aromatic heterocycles. The molecule has 4 aliphatic carbocycles. The second-order valence-corrected chi connectivity index (χ2v) is 20.8. The highest BCUT2D eigenvalue weighted by Gasteiger charge is 2.45. The summed E-state index contributed by atoms with van der Waals surface area (Å²) in [6, 6.07) is 18.3. The third-order valence-corrected chi connectivity index (χ3v) is 16.3. The van der Waals surface area contributed by atoms with Crippen LogP contribution in [-0.2, 0) is 28.9 Å². The van der Waals surface area contributed by atoms with E-state index in [0.717, 1.165) is 64.6 Å². The Morgan fingerprint density at radius 2 is 1.78 bits per heavy atom. The Hall–Kier alpha value is -6.62. The molecule has 0 spiro atoms. The number of aryl methyl sites for hydroxylation is 2. The largest absolute Gasteiger partial charge is 0.664 e. The molecule has 372 valence electrons. The first-order valence-electron chi connectivity index (χ1n) is 25.8. The molecule has 0 radical (unpaired) electrons. The number of nitrogens with zero attached hydrogens (tertiary/aromatic N) is 2. The second-order valence-electron chi connectivity index (χ2n) is 20.8. The number of phenolic OH excluding ortho intramolecular Hbond substituents is 2.